The summed E-state index contributed by atoms with van der Waals surface area (Å²) in [5.41, 5.74) is 1.91. The zero-order valence-corrected chi connectivity index (χ0v) is 16.8. The summed E-state index contributed by atoms with van der Waals surface area (Å²) in [6.07, 6.45) is 3.91. The van der Waals surface area contributed by atoms with E-state index in [1.54, 1.807) is 11.3 Å². The number of fused-ring (bicyclic) bond motifs is 1. The Bertz CT molecular complexity index is 909. The van der Waals surface area contributed by atoms with Gasteiger partial charge >= 0.3 is 0 Å². The van der Waals surface area contributed by atoms with Crippen LogP contribution >= 0.6 is 11.3 Å². The molecule has 0 radical (unpaired) electrons. The molecule has 1 amide bonds. The SMILES string of the molecule is CC(C)(C)c1cn2nc(N3CCC[C@@H](C(=O)Nc4ccccc4)C3)sc2n1. The van der Waals surface area contributed by atoms with Gasteiger partial charge in [0.05, 0.1) is 17.8 Å². The van der Waals surface area contributed by atoms with Crippen LogP contribution in [0.15, 0.2) is 36.5 Å². The normalized spacial score (nSPS) is 18.0. The third-order valence-electron chi connectivity index (χ3n) is 4.90. The summed E-state index contributed by atoms with van der Waals surface area (Å²) in [5.74, 6) is 0.0579. The number of hydrogen-bond acceptors (Lipinski definition) is 5. The van der Waals surface area contributed by atoms with E-state index in [0.29, 0.717) is 6.54 Å². The van der Waals surface area contributed by atoms with E-state index < -0.39 is 0 Å². The third kappa shape index (κ3) is 3.83. The van der Waals surface area contributed by atoms with E-state index in [1.807, 2.05) is 41.0 Å². The van der Waals surface area contributed by atoms with Gasteiger partial charge in [-0.3, -0.25) is 4.79 Å². The van der Waals surface area contributed by atoms with Gasteiger partial charge < -0.3 is 10.2 Å². The molecule has 1 aromatic carbocycles. The number of anilines is 2. The summed E-state index contributed by atoms with van der Waals surface area (Å²) in [7, 11) is 0. The number of piperidine rings is 1. The number of para-hydroxylation sites is 1. The molecular weight excluding hydrogens is 358 g/mol. The van der Waals surface area contributed by atoms with Crippen molar-refractivity contribution < 1.29 is 4.79 Å². The molecule has 1 aliphatic heterocycles. The molecule has 6 nitrogen and oxygen atoms in total. The standard InChI is InChI=1S/C20H25N5OS/c1-20(2,3)16-13-25-18(22-16)27-19(23-25)24-11-7-8-14(12-24)17(26)21-15-9-5-4-6-10-15/h4-6,9-10,13-14H,7-8,11-12H2,1-3H3,(H,21,26)/t14-/m1/s1. The lowest BCUT2D eigenvalue weighted by molar-refractivity contribution is -0.120. The zero-order valence-electron chi connectivity index (χ0n) is 16.0. The van der Waals surface area contributed by atoms with Crippen molar-refractivity contribution >= 4 is 33.0 Å². The molecule has 1 fully saturated rings. The number of nitrogens with zero attached hydrogens (tertiary/aromatic N) is 4. The zero-order chi connectivity index (χ0) is 19.0. The van der Waals surface area contributed by atoms with E-state index in [0.717, 1.165) is 40.9 Å². The molecule has 3 aromatic rings. The highest BCUT2D eigenvalue weighted by molar-refractivity contribution is 7.20. The van der Waals surface area contributed by atoms with Gasteiger partial charge in [-0.05, 0) is 25.0 Å². The van der Waals surface area contributed by atoms with E-state index in [9.17, 15) is 4.79 Å². The number of benzene rings is 1. The lowest BCUT2D eigenvalue weighted by Gasteiger charge is -2.31. The summed E-state index contributed by atoms with van der Waals surface area (Å²) in [5, 5.41) is 8.68. The highest BCUT2D eigenvalue weighted by Crippen LogP contribution is 2.30. The molecule has 0 unspecified atom stereocenters. The molecular formula is C20H25N5OS. The minimum Gasteiger partial charge on any atom is -0.346 e. The second kappa shape index (κ2) is 6.96. The molecule has 142 valence electrons. The number of imidazole rings is 1. The predicted octanol–water partition coefficient (Wildman–Crippen LogP) is 3.94. The van der Waals surface area contributed by atoms with Crippen molar-refractivity contribution in [1.82, 2.24) is 14.6 Å². The minimum atomic E-state index is -0.0275. The van der Waals surface area contributed by atoms with Crippen molar-refractivity contribution in [1.29, 1.82) is 0 Å². The molecule has 1 saturated heterocycles. The average Bonchev–Trinajstić information content (AvgIpc) is 3.22. The first-order valence-electron chi connectivity index (χ1n) is 9.38. The summed E-state index contributed by atoms with van der Waals surface area (Å²) in [4.78, 5) is 20.5. The van der Waals surface area contributed by atoms with Crippen LogP contribution in [0, 0.1) is 5.92 Å². The Balaban J connectivity index is 1.47. The number of carbonyl (C=O) groups excluding carboxylic acids is 1. The van der Waals surface area contributed by atoms with Gasteiger partial charge in [-0.15, -0.1) is 5.10 Å². The lowest BCUT2D eigenvalue weighted by atomic mass is 9.93. The molecule has 27 heavy (non-hydrogen) atoms. The van der Waals surface area contributed by atoms with Gasteiger partial charge in [0.2, 0.25) is 16.0 Å². The fraction of sp³-hybridized carbons (Fsp3) is 0.450. The van der Waals surface area contributed by atoms with Crippen molar-refractivity contribution in [2.75, 3.05) is 23.3 Å². The van der Waals surface area contributed by atoms with Crippen LogP contribution in [0.2, 0.25) is 0 Å². The summed E-state index contributed by atoms with van der Waals surface area (Å²) in [6, 6.07) is 9.64. The van der Waals surface area contributed by atoms with Crippen LogP contribution in [0.5, 0.6) is 0 Å². The Labute approximate surface area is 163 Å². The van der Waals surface area contributed by atoms with Crippen molar-refractivity contribution in [2.24, 2.45) is 5.92 Å². The van der Waals surface area contributed by atoms with Crippen LogP contribution in [0.3, 0.4) is 0 Å². The lowest BCUT2D eigenvalue weighted by Crippen LogP contribution is -2.40. The molecule has 2 aromatic heterocycles. The van der Waals surface area contributed by atoms with Crippen molar-refractivity contribution in [3.05, 3.63) is 42.2 Å². The van der Waals surface area contributed by atoms with Crippen LogP contribution in [0.4, 0.5) is 10.8 Å². The van der Waals surface area contributed by atoms with Gasteiger partial charge in [-0.2, -0.15) is 0 Å². The van der Waals surface area contributed by atoms with E-state index in [1.165, 1.54) is 0 Å². The van der Waals surface area contributed by atoms with Crippen molar-refractivity contribution in [3.8, 4) is 0 Å². The smallest absolute Gasteiger partial charge is 0.229 e. The van der Waals surface area contributed by atoms with E-state index in [-0.39, 0.29) is 17.2 Å². The van der Waals surface area contributed by atoms with Crippen molar-refractivity contribution in [3.63, 3.8) is 0 Å². The van der Waals surface area contributed by atoms with Crippen LogP contribution < -0.4 is 10.2 Å². The summed E-state index contributed by atoms with van der Waals surface area (Å²) >= 11 is 1.59. The maximum atomic E-state index is 12.6. The van der Waals surface area contributed by atoms with Crippen LogP contribution in [0.25, 0.3) is 4.96 Å². The fourth-order valence-electron chi connectivity index (χ4n) is 3.31. The molecule has 7 heteroatoms. The van der Waals surface area contributed by atoms with E-state index >= 15 is 0 Å². The number of nitrogens with one attached hydrogen (secondary N) is 1. The molecule has 1 N–H and O–H groups in total. The molecule has 4 rings (SSSR count). The molecule has 0 spiro atoms. The molecule has 1 atom stereocenters. The quantitative estimate of drug-likeness (QED) is 0.744. The van der Waals surface area contributed by atoms with Gasteiger partial charge in [0, 0.05) is 24.2 Å². The number of hydrogen-bond donors (Lipinski definition) is 1. The van der Waals surface area contributed by atoms with Gasteiger partial charge in [-0.1, -0.05) is 50.3 Å². The van der Waals surface area contributed by atoms with Crippen LogP contribution in [0.1, 0.15) is 39.3 Å². The average molecular weight is 384 g/mol. The fourth-order valence-corrected chi connectivity index (χ4v) is 4.23. The van der Waals surface area contributed by atoms with Gasteiger partial charge in [0.25, 0.3) is 0 Å². The number of rotatable bonds is 3. The first kappa shape index (κ1) is 18.0. The second-order valence-corrected chi connectivity index (χ2v) is 9.06. The maximum Gasteiger partial charge on any atom is 0.229 e. The number of carbonyl (C=O) groups is 1. The maximum absolute atomic E-state index is 12.6. The first-order valence-corrected chi connectivity index (χ1v) is 10.2. The van der Waals surface area contributed by atoms with Crippen LogP contribution in [-0.2, 0) is 10.2 Å². The molecule has 0 saturated carbocycles. The minimum absolute atomic E-state index is 0.0132. The van der Waals surface area contributed by atoms with E-state index in [4.69, 9.17) is 10.1 Å². The Kier molecular flexibility index (Phi) is 4.63. The molecule has 0 bridgehead atoms. The number of aromatic nitrogens is 3. The van der Waals surface area contributed by atoms with Crippen LogP contribution in [-0.4, -0.2) is 33.6 Å². The Morgan fingerprint density at radius 1 is 1.26 bits per heavy atom. The predicted molar refractivity (Wildman–Crippen MR) is 110 cm³/mol. The Morgan fingerprint density at radius 2 is 2.04 bits per heavy atom. The molecule has 3 heterocycles. The Hall–Kier alpha value is -2.41. The van der Waals surface area contributed by atoms with Gasteiger partial charge in [-0.25, -0.2) is 9.50 Å². The highest BCUT2D eigenvalue weighted by Gasteiger charge is 2.28. The summed E-state index contributed by atoms with van der Waals surface area (Å²) in [6.45, 7) is 8.09. The van der Waals surface area contributed by atoms with Gasteiger partial charge in [0.1, 0.15) is 0 Å². The summed E-state index contributed by atoms with van der Waals surface area (Å²) < 4.78 is 1.87. The number of amides is 1. The highest BCUT2D eigenvalue weighted by atomic mass is 32.1. The monoisotopic (exact) mass is 383 g/mol. The largest absolute Gasteiger partial charge is 0.346 e. The van der Waals surface area contributed by atoms with E-state index in [2.05, 4.69) is 31.0 Å². The third-order valence-corrected chi connectivity index (χ3v) is 5.89. The molecule has 0 aliphatic carbocycles. The topological polar surface area (TPSA) is 62.5 Å². The Morgan fingerprint density at radius 3 is 2.74 bits per heavy atom. The molecule has 1 aliphatic rings. The second-order valence-electron chi connectivity index (χ2n) is 8.13. The van der Waals surface area contributed by atoms with Crippen molar-refractivity contribution in [2.45, 2.75) is 39.0 Å². The first-order chi connectivity index (χ1) is 12.9. The van der Waals surface area contributed by atoms with Gasteiger partial charge in [0.15, 0.2) is 0 Å².